The number of hydrogen-bond donors (Lipinski definition) is 1. The molecule has 5 rings (SSSR count). The number of carbonyl (C=O) groups is 1. The fourth-order valence-electron chi connectivity index (χ4n) is 4.43. The van der Waals surface area contributed by atoms with Gasteiger partial charge in [0.05, 0.1) is 12.1 Å². The van der Waals surface area contributed by atoms with Gasteiger partial charge < -0.3 is 10.2 Å². The van der Waals surface area contributed by atoms with Crippen LogP contribution in [0, 0.1) is 11.8 Å². The van der Waals surface area contributed by atoms with Crippen LogP contribution in [0.25, 0.3) is 11.3 Å². The second-order valence-electron chi connectivity index (χ2n) is 7.83. The lowest BCUT2D eigenvalue weighted by atomic mass is 10.0. The molecule has 0 aliphatic carbocycles. The van der Waals surface area contributed by atoms with Gasteiger partial charge in [-0.25, -0.2) is 0 Å². The smallest absolute Gasteiger partial charge is 0.257 e. The Morgan fingerprint density at radius 3 is 2.29 bits per heavy atom. The van der Waals surface area contributed by atoms with Crippen molar-refractivity contribution in [1.82, 2.24) is 20.0 Å². The lowest BCUT2D eigenvalue weighted by Crippen LogP contribution is -2.32. The van der Waals surface area contributed by atoms with E-state index < -0.39 is 0 Å². The van der Waals surface area contributed by atoms with Gasteiger partial charge in [-0.1, -0.05) is 60.7 Å². The number of aromatic nitrogens is 2. The molecule has 2 aliphatic rings. The first-order valence-corrected chi connectivity index (χ1v) is 9.95. The van der Waals surface area contributed by atoms with Crippen molar-refractivity contribution in [3.05, 3.63) is 78.0 Å². The van der Waals surface area contributed by atoms with Crippen LogP contribution in [0.3, 0.4) is 0 Å². The van der Waals surface area contributed by atoms with E-state index in [9.17, 15) is 4.79 Å². The van der Waals surface area contributed by atoms with Crippen LogP contribution in [0.1, 0.15) is 15.9 Å². The van der Waals surface area contributed by atoms with Crippen LogP contribution < -0.4 is 5.32 Å². The van der Waals surface area contributed by atoms with E-state index in [0.717, 1.165) is 37.4 Å². The first-order chi connectivity index (χ1) is 13.8. The Morgan fingerprint density at radius 2 is 1.61 bits per heavy atom. The third-order valence-electron chi connectivity index (χ3n) is 5.90. The molecule has 0 unspecified atom stereocenters. The van der Waals surface area contributed by atoms with E-state index in [0.29, 0.717) is 23.9 Å². The summed E-state index contributed by atoms with van der Waals surface area (Å²) in [6.07, 6.45) is 1.92. The molecule has 2 saturated heterocycles. The van der Waals surface area contributed by atoms with Crippen LogP contribution in [-0.2, 0) is 6.54 Å². The number of nitrogens with zero attached hydrogens (tertiary/aromatic N) is 3. The van der Waals surface area contributed by atoms with Gasteiger partial charge in [-0.2, -0.15) is 5.10 Å². The average Bonchev–Trinajstić information content (AvgIpc) is 3.44. The summed E-state index contributed by atoms with van der Waals surface area (Å²) in [4.78, 5) is 15.4. The molecule has 2 fully saturated rings. The average molecular weight is 372 g/mol. The quantitative estimate of drug-likeness (QED) is 0.766. The maximum absolute atomic E-state index is 13.4. The van der Waals surface area contributed by atoms with Gasteiger partial charge in [-0.15, -0.1) is 0 Å². The van der Waals surface area contributed by atoms with E-state index in [1.54, 1.807) is 0 Å². The van der Waals surface area contributed by atoms with Crippen LogP contribution in [0.15, 0.2) is 66.9 Å². The van der Waals surface area contributed by atoms with Gasteiger partial charge in [0, 0.05) is 37.9 Å². The molecule has 28 heavy (non-hydrogen) atoms. The Morgan fingerprint density at radius 1 is 0.964 bits per heavy atom. The standard InChI is InChI=1S/C23H24N4O/c28-23(26-14-19-11-24-12-20(19)15-26)21-16-27(13-17-7-3-1-4-8-17)25-22(21)18-9-5-2-6-10-18/h1-10,16,19-20,24H,11-15H2/t19-,20+. The zero-order chi connectivity index (χ0) is 18.9. The molecule has 2 aromatic carbocycles. The van der Waals surface area contributed by atoms with Crippen molar-refractivity contribution in [3.8, 4) is 11.3 Å². The summed E-state index contributed by atoms with van der Waals surface area (Å²) < 4.78 is 1.89. The SMILES string of the molecule is O=C(c1cn(Cc2ccccc2)nc1-c1ccccc1)N1C[C@H]2CNC[C@H]2C1. The van der Waals surface area contributed by atoms with Crippen molar-refractivity contribution in [1.29, 1.82) is 0 Å². The molecule has 0 saturated carbocycles. The second kappa shape index (κ2) is 7.24. The van der Waals surface area contributed by atoms with Crippen molar-refractivity contribution in [2.45, 2.75) is 6.54 Å². The summed E-state index contributed by atoms with van der Waals surface area (Å²) in [5.74, 6) is 1.28. The first kappa shape index (κ1) is 17.2. The summed E-state index contributed by atoms with van der Waals surface area (Å²) >= 11 is 0. The van der Waals surface area contributed by atoms with E-state index in [1.165, 1.54) is 5.56 Å². The molecule has 1 aromatic heterocycles. The molecule has 2 atom stereocenters. The van der Waals surface area contributed by atoms with Crippen molar-refractivity contribution in [2.24, 2.45) is 11.8 Å². The minimum Gasteiger partial charge on any atom is -0.338 e. The summed E-state index contributed by atoms with van der Waals surface area (Å²) in [7, 11) is 0. The van der Waals surface area contributed by atoms with Gasteiger partial charge in [0.25, 0.3) is 5.91 Å². The van der Waals surface area contributed by atoms with Crippen LogP contribution in [0.2, 0.25) is 0 Å². The third kappa shape index (κ3) is 3.22. The van der Waals surface area contributed by atoms with Gasteiger partial charge >= 0.3 is 0 Å². The summed E-state index contributed by atoms with van der Waals surface area (Å²) in [6, 6.07) is 20.2. The monoisotopic (exact) mass is 372 g/mol. The van der Waals surface area contributed by atoms with Gasteiger partial charge in [-0.05, 0) is 17.4 Å². The maximum Gasteiger partial charge on any atom is 0.257 e. The molecule has 0 spiro atoms. The number of likely N-dealkylation sites (tertiary alicyclic amines) is 1. The van der Waals surface area contributed by atoms with Crippen LogP contribution in [0.5, 0.6) is 0 Å². The highest BCUT2D eigenvalue weighted by molar-refractivity contribution is 6.00. The van der Waals surface area contributed by atoms with E-state index >= 15 is 0 Å². The summed E-state index contributed by atoms with van der Waals surface area (Å²) in [5, 5.41) is 8.23. The molecule has 0 bridgehead atoms. The molecular formula is C23H24N4O. The van der Waals surface area contributed by atoms with Crippen molar-refractivity contribution < 1.29 is 4.79 Å². The topological polar surface area (TPSA) is 50.2 Å². The number of carbonyl (C=O) groups excluding carboxylic acids is 1. The fraction of sp³-hybridized carbons (Fsp3) is 0.304. The van der Waals surface area contributed by atoms with Gasteiger partial charge in [-0.3, -0.25) is 9.48 Å². The number of benzene rings is 2. The second-order valence-corrected chi connectivity index (χ2v) is 7.83. The molecule has 1 amide bonds. The highest BCUT2D eigenvalue weighted by Gasteiger charge is 2.39. The van der Waals surface area contributed by atoms with Gasteiger partial charge in [0.15, 0.2) is 0 Å². The predicted octanol–water partition coefficient (Wildman–Crippen LogP) is 2.89. The Balaban J connectivity index is 1.47. The minimum atomic E-state index is 0.104. The predicted molar refractivity (Wildman–Crippen MR) is 109 cm³/mol. The first-order valence-electron chi connectivity index (χ1n) is 9.95. The van der Waals surface area contributed by atoms with E-state index in [2.05, 4.69) is 17.4 Å². The molecule has 3 heterocycles. The Hall–Kier alpha value is -2.92. The number of rotatable bonds is 4. The number of hydrogen-bond acceptors (Lipinski definition) is 3. The van der Waals surface area contributed by atoms with Gasteiger partial charge in [0.2, 0.25) is 0 Å². The largest absolute Gasteiger partial charge is 0.338 e. The van der Waals surface area contributed by atoms with Crippen LogP contribution in [-0.4, -0.2) is 46.8 Å². The van der Waals surface area contributed by atoms with Crippen LogP contribution >= 0.6 is 0 Å². The molecule has 2 aliphatic heterocycles. The molecule has 5 heteroatoms. The number of fused-ring (bicyclic) bond motifs is 1. The van der Waals surface area contributed by atoms with E-state index in [1.807, 2.05) is 64.3 Å². The third-order valence-corrected chi connectivity index (χ3v) is 5.90. The van der Waals surface area contributed by atoms with E-state index in [-0.39, 0.29) is 5.91 Å². The highest BCUT2D eigenvalue weighted by atomic mass is 16.2. The van der Waals surface area contributed by atoms with Gasteiger partial charge in [0.1, 0.15) is 5.69 Å². The molecule has 142 valence electrons. The number of amides is 1. The zero-order valence-corrected chi connectivity index (χ0v) is 15.8. The molecule has 5 nitrogen and oxygen atoms in total. The molecule has 0 radical (unpaired) electrons. The highest BCUT2D eigenvalue weighted by Crippen LogP contribution is 2.30. The van der Waals surface area contributed by atoms with Crippen LogP contribution in [0.4, 0.5) is 0 Å². The normalized spacial score (nSPS) is 21.1. The maximum atomic E-state index is 13.4. The Bertz CT molecular complexity index is 955. The molecular weight excluding hydrogens is 348 g/mol. The minimum absolute atomic E-state index is 0.104. The lowest BCUT2D eigenvalue weighted by Gasteiger charge is -2.17. The lowest BCUT2D eigenvalue weighted by molar-refractivity contribution is 0.0782. The van der Waals surface area contributed by atoms with Crippen molar-refractivity contribution in [2.75, 3.05) is 26.2 Å². The Labute approximate surface area is 165 Å². The van der Waals surface area contributed by atoms with E-state index in [4.69, 9.17) is 5.10 Å². The summed E-state index contributed by atoms with van der Waals surface area (Å²) in [6.45, 7) is 4.38. The summed E-state index contributed by atoms with van der Waals surface area (Å²) in [5.41, 5.74) is 3.64. The van der Waals surface area contributed by atoms with Crippen molar-refractivity contribution in [3.63, 3.8) is 0 Å². The number of nitrogens with one attached hydrogen (secondary N) is 1. The fourth-order valence-corrected chi connectivity index (χ4v) is 4.43. The Kier molecular flexibility index (Phi) is 4.45. The molecule has 3 aromatic rings. The van der Waals surface area contributed by atoms with Crippen molar-refractivity contribution >= 4 is 5.91 Å². The molecule has 1 N–H and O–H groups in total. The zero-order valence-electron chi connectivity index (χ0n) is 15.8.